The van der Waals surface area contributed by atoms with Crippen molar-refractivity contribution in [2.75, 3.05) is 23.7 Å². The highest BCUT2D eigenvalue weighted by Crippen LogP contribution is 2.39. The lowest BCUT2D eigenvalue weighted by Crippen LogP contribution is -2.51. The number of hydrogen-bond donors (Lipinski definition) is 3. The van der Waals surface area contributed by atoms with Gasteiger partial charge in [-0.15, -0.1) is 0 Å². The smallest absolute Gasteiger partial charge is 0.307 e. The number of aromatic nitrogens is 3. The average Bonchev–Trinajstić information content (AvgIpc) is 3.35. The highest BCUT2D eigenvalue weighted by Gasteiger charge is 2.45. The molecule has 1 unspecified atom stereocenters. The van der Waals surface area contributed by atoms with Crippen LogP contribution in [0, 0.1) is 5.41 Å². The molecule has 1 atom stereocenters. The van der Waals surface area contributed by atoms with E-state index < -0.39 is 33.1 Å². The Morgan fingerprint density at radius 3 is 2.48 bits per heavy atom. The van der Waals surface area contributed by atoms with Crippen molar-refractivity contribution >= 4 is 50.4 Å². The van der Waals surface area contributed by atoms with Crippen molar-refractivity contribution < 1.29 is 22.7 Å². The molecule has 1 saturated heterocycles. The standard InChI is InChI=1S/C27H35ClN6O5S/c1-26(2,3)39-22(35)16-27(10-13-34(14-11-27)24-20-8-12-30-23(20)31-17-32-24)25(36)33-21(9-15-40(29,37)38)18-4-6-19(28)7-5-18/h4-8,12,17,21H,9-11,13-16H2,1-3H3,(H,33,36)(H2,29,37,38)(H,30,31,32). The van der Waals surface area contributed by atoms with Crippen molar-refractivity contribution in [1.82, 2.24) is 20.3 Å². The van der Waals surface area contributed by atoms with Crippen LogP contribution in [0.1, 0.15) is 58.1 Å². The molecule has 1 amide bonds. The van der Waals surface area contributed by atoms with Crippen LogP contribution in [0.25, 0.3) is 11.0 Å². The Morgan fingerprint density at radius 2 is 1.85 bits per heavy atom. The fourth-order valence-electron chi connectivity index (χ4n) is 5.01. The molecule has 0 saturated carbocycles. The third-order valence-corrected chi connectivity index (χ3v) is 8.06. The first-order chi connectivity index (χ1) is 18.7. The first-order valence-corrected chi connectivity index (χ1v) is 15.2. The number of H-pyrrole nitrogens is 1. The number of ether oxygens (including phenoxy) is 1. The number of carbonyl (C=O) groups is 2. The highest BCUT2D eigenvalue weighted by atomic mass is 35.5. The Labute approximate surface area is 238 Å². The van der Waals surface area contributed by atoms with Crippen LogP contribution in [-0.2, 0) is 24.3 Å². The van der Waals surface area contributed by atoms with Gasteiger partial charge in [-0.2, -0.15) is 0 Å². The summed E-state index contributed by atoms with van der Waals surface area (Å²) in [6.07, 6.45) is 3.95. The summed E-state index contributed by atoms with van der Waals surface area (Å²) in [5.41, 5.74) is -0.386. The molecule has 1 aliphatic rings. The number of nitrogens with one attached hydrogen (secondary N) is 2. The Balaban J connectivity index is 1.60. The van der Waals surface area contributed by atoms with E-state index in [4.69, 9.17) is 21.5 Å². The molecule has 2 aromatic heterocycles. The number of carbonyl (C=O) groups excluding carboxylic acids is 2. The Morgan fingerprint density at radius 1 is 1.18 bits per heavy atom. The molecule has 0 aliphatic carbocycles. The number of anilines is 1. The van der Waals surface area contributed by atoms with Gasteiger partial charge in [-0.3, -0.25) is 9.59 Å². The first-order valence-electron chi connectivity index (χ1n) is 13.1. The number of aromatic amines is 1. The molecular formula is C27H35ClN6O5S. The molecule has 1 aliphatic heterocycles. The van der Waals surface area contributed by atoms with E-state index in [1.165, 1.54) is 6.33 Å². The molecule has 0 bridgehead atoms. The van der Waals surface area contributed by atoms with Crippen molar-refractivity contribution in [3.63, 3.8) is 0 Å². The van der Waals surface area contributed by atoms with Crippen LogP contribution in [0.15, 0.2) is 42.9 Å². The van der Waals surface area contributed by atoms with E-state index in [2.05, 4.69) is 25.2 Å². The highest BCUT2D eigenvalue weighted by molar-refractivity contribution is 7.89. The van der Waals surface area contributed by atoms with Crippen molar-refractivity contribution in [2.24, 2.45) is 10.6 Å². The van der Waals surface area contributed by atoms with Crippen molar-refractivity contribution in [2.45, 2.75) is 58.1 Å². The van der Waals surface area contributed by atoms with E-state index >= 15 is 0 Å². The van der Waals surface area contributed by atoms with E-state index in [1.807, 2.05) is 6.07 Å². The van der Waals surface area contributed by atoms with Gasteiger partial charge in [-0.25, -0.2) is 23.5 Å². The molecule has 1 fully saturated rings. The Bertz CT molecular complexity index is 1460. The molecule has 40 heavy (non-hydrogen) atoms. The van der Waals surface area contributed by atoms with E-state index in [1.54, 1.807) is 51.2 Å². The van der Waals surface area contributed by atoms with E-state index in [0.29, 0.717) is 42.2 Å². The molecule has 0 spiro atoms. The number of halogens is 1. The SMILES string of the molecule is CC(C)(C)OC(=O)CC1(C(=O)NC(CCS(N)(=O)=O)c2ccc(Cl)cc2)CCN(c2ncnc3[nH]ccc23)CC1. The van der Waals surface area contributed by atoms with E-state index in [9.17, 15) is 18.0 Å². The zero-order chi connectivity index (χ0) is 29.1. The van der Waals surface area contributed by atoms with Crippen LogP contribution < -0.4 is 15.4 Å². The van der Waals surface area contributed by atoms with Crippen LogP contribution in [0.4, 0.5) is 5.82 Å². The van der Waals surface area contributed by atoms with Crippen LogP contribution in [0.2, 0.25) is 5.02 Å². The molecule has 3 aromatic rings. The molecule has 4 N–H and O–H groups in total. The fourth-order valence-corrected chi connectivity index (χ4v) is 5.70. The van der Waals surface area contributed by atoms with Gasteiger partial charge in [-0.05, 0) is 63.8 Å². The predicted octanol–water partition coefficient (Wildman–Crippen LogP) is 3.47. The van der Waals surface area contributed by atoms with Gasteiger partial charge in [0, 0.05) is 24.3 Å². The molecule has 13 heteroatoms. The number of benzene rings is 1. The molecular weight excluding hydrogens is 556 g/mol. The van der Waals surface area contributed by atoms with Gasteiger partial charge in [0.25, 0.3) is 0 Å². The number of esters is 1. The minimum Gasteiger partial charge on any atom is -0.460 e. The maximum atomic E-state index is 14.0. The van der Waals surface area contributed by atoms with Gasteiger partial charge >= 0.3 is 5.97 Å². The van der Waals surface area contributed by atoms with Gasteiger partial charge in [0.2, 0.25) is 15.9 Å². The zero-order valence-electron chi connectivity index (χ0n) is 22.8. The lowest BCUT2D eigenvalue weighted by molar-refractivity contribution is -0.161. The van der Waals surface area contributed by atoms with Gasteiger partial charge < -0.3 is 19.9 Å². The van der Waals surface area contributed by atoms with Crippen molar-refractivity contribution in [3.05, 3.63) is 53.4 Å². The lowest BCUT2D eigenvalue weighted by atomic mass is 9.74. The van der Waals surface area contributed by atoms with Gasteiger partial charge in [0.1, 0.15) is 23.4 Å². The second-order valence-electron chi connectivity index (χ2n) is 11.2. The minimum absolute atomic E-state index is 0.0628. The summed E-state index contributed by atoms with van der Waals surface area (Å²) < 4.78 is 29.1. The number of sulfonamides is 1. The van der Waals surface area contributed by atoms with Crippen molar-refractivity contribution in [1.29, 1.82) is 0 Å². The zero-order valence-corrected chi connectivity index (χ0v) is 24.4. The number of hydrogen-bond acceptors (Lipinski definition) is 8. The first kappa shape index (κ1) is 29.8. The molecule has 216 valence electrons. The number of amides is 1. The Hall–Kier alpha value is -3.22. The second-order valence-corrected chi connectivity index (χ2v) is 13.4. The summed E-state index contributed by atoms with van der Waals surface area (Å²) in [6.45, 7) is 6.27. The van der Waals surface area contributed by atoms with Crippen molar-refractivity contribution in [3.8, 4) is 0 Å². The monoisotopic (exact) mass is 590 g/mol. The van der Waals surface area contributed by atoms with Crippen LogP contribution >= 0.6 is 11.6 Å². The van der Waals surface area contributed by atoms with Gasteiger partial charge in [-0.1, -0.05) is 23.7 Å². The number of fused-ring (bicyclic) bond motifs is 1. The molecule has 0 radical (unpaired) electrons. The van der Waals surface area contributed by atoms with Crippen LogP contribution in [0.5, 0.6) is 0 Å². The molecule has 1 aromatic carbocycles. The Kier molecular flexibility index (Phi) is 8.72. The van der Waals surface area contributed by atoms with E-state index in [0.717, 1.165) is 11.2 Å². The normalized spacial score (nSPS) is 16.5. The summed E-state index contributed by atoms with van der Waals surface area (Å²) in [5.74, 6) is -0.390. The largest absolute Gasteiger partial charge is 0.460 e. The minimum atomic E-state index is -3.77. The predicted molar refractivity (Wildman–Crippen MR) is 153 cm³/mol. The third kappa shape index (κ3) is 7.49. The number of primary sulfonamides is 1. The van der Waals surface area contributed by atoms with Crippen LogP contribution in [-0.4, -0.2) is 59.7 Å². The molecule has 3 heterocycles. The number of rotatable bonds is 9. The number of nitrogens with two attached hydrogens (primary N) is 1. The molecule has 4 rings (SSSR count). The van der Waals surface area contributed by atoms with E-state index in [-0.39, 0.29) is 24.5 Å². The number of nitrogens with zero attached hydrogens (tertiary/aromatic N) is 3. The average molecular weight is 591 g/mol. The quantitative estimate of drug-likeness (QED) is 0.319. The lowest BCUT2D eigenvalue weighted by Gasteiger charge is -2.41. The fraction of sp³-hybridized carbons (Fsp3) is 0.481. The summed E-state index contributed by atoms with van der Waals surface area (Å²) in [6, 6.07) is 8.06. The van der Waals surface area contributed by atoms with Gasteiger partial charge in [0.05, 0.1) is 29.0 Å². The second kappa shape index (κ2) is 11.7. The maximum absolute atomic E-state index is 14.0. The summed E-state index contributed by atoms with van der Waals surface area (Å²) in [5, 5.41) is 9.68. The molecule has 11 nitrogen and oxygen atoms in total. The topological polar surface area (TPSA) is 160 Å². The summed E-state index contributed by atoms with van der Waals surface area (Å²) >= 11 is 6.05. The maximum Gasteiger partial charge on any atom is 0.307 e. The van der Waals surface area contributed by atoms with Gasteiger partial charge in [0.15, 0.2) is 0 Å². The summed E-state index contributed by atoms with van der Waals surface area (Å²) in [4.78, 5) is 40.9. The third-order valence-electron chi connectivity index (χ3n) is 7.01. The summed E-state index contributed by atoms with van der Waals surface area (Å²) in [7, 11) is -3.77. The van der Waals surface area contributed by atoms with Crippen LogP contribution in [0.3, 0.4) is 0 Å². The number of piperidine rings is 1.